The van der Waals surface area contributed by atoms with Crippen LogP contribution < -0.4 is 0 Å². The summed E-state index contributed by atoms with van der Waals surface area (Å²) < 4.78 is 4.87. The first kappa shape index (κ1) is 24.5. The number of fused-ring (bicyclic) bond motifs is 5. The Morgan fingerprint density at radius 2 is 0.881 bits per heavy atom. The van der Waals surface area contributed by atoms with Crippen molar-refractivity contribution >= 4 is 32.8 Å². The summed E-state index contributed by atoms with van der Waals surface area (Å²) in [7, 11) is 0. The Bertz CT molecular complexity index is 2240. The Labute approximate surface area is 245 Å². The molecular weight excluding hydrogens is 508 g/mol. The van der Waals surface area contributed by atoms with Gasteiger partial charge in [-0.3, -0.25) is 0 Å². The van der Waals surface area contributed by atoms with Gasteiger partial charge in [-0.1, -0.05) is 109 Å². The number of hydrogen-bond donors (Lipinski definition) is 0. The molecule has 0 saturated heterocycles. The molecule has 0 aliphatic heterocycles. The topological polar surface area (TPSA) is 9.86 Å². The fourth-order valence-corrected chi connectivity index (χ4v) is 6.68. The SMILES string of the molecule is Cc1cc(-c2ccc(-n3c4ccccc4c4c3c3ccccc3n4-c3ccccc3)cc2C)ccc1-c1ccccc1. The maximum absolute atomic E-state index is 2.45. The summed E-state index contributed by atoms with van der Waals surface area (Å²) in [5, 5.41) is 2.50. The van der Waals surface area contributed by atoms with E-state index < -0.39 is 0 Å². The van der Waals surface area contributed by atoms with Gasteiger partial charge in [-0.15, -0.1) is 0 Å². The van der Waals surface area contributed by atoms with E-state index in [-0.39, 0.29) is 0 Å². The third-order valence-corrected chi connectivity index (χ3v) is 8.58. The number of rotatable bonds is 4. The fraction of sp³-hybridized carbons (Fsp3) is 0.0500. The van der Waals surface area contributed by atoms with E-state index in [1.807, 2.05) is 0 Å². The molecule has 2 nitrogen and oxygen atoms in total. The van der Waals surface area contributed by atoms with Crippen molar-refractivity contribution in [3.8, 4) is 33.6 Å². The van der Waals surface area contributed by atoms with E-state index in [9.17, 15) is 0 Å². The van der Waals surface area contributed by atoms with Crippen molar-refractivity contribution in [2.24, 2.45) is 0 Å². The molecule has 0 radical (unpaired) electrons. The smallest absolute Gasteiger partial charge is 0.0803 e. The summed E-state index contributed by atoms with van der Waals surface area (Å²) in [6, 6.07) is 52.7. The number of hydrogen-bond acceptors (Lipinski definition) is 0. The van der Waals surface area contributed by atoms with E-state index in [1.165, 1.54) is 77.6 Å². The standard InChI is InChI=1S/C40H30N2/c1-27-25-30(21-23-33(27)29-13-5-3-6-14-29)34-24-22-32(26-28(34)2)42-38-20-12-10-18-36(38)39-40(42)35-17-9-11-19-37(35)41(39)31-15-7-4-8-16-31/h3-26H,1-2H3. The van der Waals surface area contributed by atoms with Crippen molar-refractivity contribution in [3.05, 3.63) is 157 Å². The van der Waals surface area contributed by atoms with Crippen LogP contribution in [-0.4, -0.2) is 9.13 Å². The molecule has 0 spiro atoms. The van der Waals surface area contributed by atoms with Gasteiger partial charge in [0.25, 0.3) is 0 Å². The van der Waals surface area contributed by atoms with Crippen molar-refractivity contribution in [1.82, 2.24) is 9.13 Å². The first-order valence-corrected chi connectivity index (χ1v) is 14.5. The minimum atomic E-state index is 1.17. The fourth-order valence-electron chi connectivity index (χ4n) is 6.68. The minimum Gasteiger partial charge on any atom is -0.307 e. The molecule has 6 aromatic carbocycles. The van der Waals surface area contributed by atoms with Crippen LogP contribution in [0.15, 0.2) is 146 Å². The summed E-state index contributed by atoms with van der Waals surface area (Å²) in [4.78, 5) is 0. The second-order valence-corrected chi connectivity index (χ2v) is 11.1. The molecule has 0 unspecified atom stereocenters. The largest absolute Gasteiger partial charge is 0.307 e. The van der Waals surface area contributed by atoms with Crippen molar-refractivity contribution < 1.29 is 0 Å². The van der Waals surface area contributed by atoms with Crippen LogP contribution in [0.1, 0.15) is 11.1 Å². The van der Waals surface area contributed by atoms with E-state index in [4.69, 9.17) is 0 Å². The maximum Gasteiger partial charge on any atom is 0.0803 e. The highest BCUT2D eigenvalue weighted by Gasteiger charge is 2.21. The van der Waals surface area contributed by atoms with Gasteiger partial charge in [0.2, 0.25) is 0 Å². The van der Waals surface area contributed by atoms with Crippen LogP contribution >= 0.6 is 0 Å². The highest BCUT2D eigenvalue weighted by atomic mass is 15.1. The Kier molecular flexibility index (Phi) is 5.61. The predicted octanol–water partition coefficient (Wildman–Crippen LogP) is 10.7. The average Bonchev–Trinajstić information content (AvgIpc) is 3.55. The lowest BCUT2D eigenvalue weighted by Gasteiger charge is -2.14. The summed E-state index contributed by atoms with van der Waals surface area (Å²) >= 11 is 0. The molecule has 0 aliphatic rings. The molecule has 0 bridgehead atoms. The second kappa shape index (κ2) is 9.64. The number of benzene rings is 6. The van der Waals surface area contributed by atoms with E-state index in [0.29, 0.717) is 0 Å². The quantitative estimate of drug-likeness (QED) is 0.211. The molecule has 0 saturated carbocycles. The number of aromatic nitrogens is 2. The number of para-hydroxylation sites is 3. The van der Waals surface area contributed by atoms with Crippen molar-refractivity contribution in [1.29, 1.82) is 0 Å². The van der Waals surface area contributed by atoms with E-state index in [2.05, 4.69) is 169 Å². The molecule has 2 heteroatoms. The van der Waals surface area contributed by atoms with Gasteiger partial charge in [0.05, 0.1) is 22.1 Å². The third-order valence-electron chi connectivity index (χ3n) is 8.58. The second-order valence-electron chi connectivity index (χ2n) is 11.1. The third kappa shape index (κ3) is 3.73. The highest BCUT2D eigenvalue weighted by molar-refractivity contribution is 6.19. The lowest BCUT2D eigenvalue weighted by atomic mass is 9.94. The molecule has 8 rings (SSSR count). The van der Waals surface area contributed by atoms with Crippen LogP contribution in [-0.2, 0) is 0 Å². The Morgan fingerprint density at radius 3 is 1.50 bits per heavy atom. The van der Waals surface area contributed by atoms with Gasteiger partial charge in [0.1, 0.15) is 0 Å². The first-order chi connectivity index (χ1) is 20.7. The van der Waals surface area contributed by atoms with Crippen molar-refractivity contribution in [2.75, 3.05) is 0 Å². The van der Waals surface area contributed by atoms with Crippen LogP contribution in [0.3, 0.4) is 0 Å². The molecular formula is C40H30N2. The molecule has 2 heterocycles. The molecule has 42 heavy (non-hydrogen) atoms. The van der Waals surface area contributed by atoms with Gasteiger partial charge in [-0.2, -0.15) is 0 Å². The monoisotopic (exact) mass is 538 g/mol. The Hall–Kier alpha value is -5.34. The van der Waals surface area contributed by atoms with Gasteiger partial charge in [-0.25, -0.2) is 0 Å². The zero-order valence-electron chi connectivity index (χ0n) is 23.8. The molecule has 0 amide bonds. The first-order valence-electron chi connectivity index (χ1n) is 14.5. The Morgan fingerprint density at radius 1 is 0.381 bits per heavy atom. The maximum atomic E-state index is 2.45. The zero-order chi connectivity index (χ0) is 28.2. The molecule has 0 aliphatic carbocycles. The summed E-state index contributed by atoms with van der Waals surface area (Å²) in [5.74, 6) is 0. The van der Waals surface area contributed by atoms with E-state index in [0.717, 1.165) is 0 Å². The normalized spacial score (nSPS) is 11.6. The summed E-state index contributed by atoms with van der Waals surface area (Å²) in [6.07, 6.45) is 0. The van der Waals surface area contributed by atoms with Crippen LogP contribution in [0, 0.1) is 13.8 Å². The predicted molar refractivity (Wildman–Crippen MR) is 178 cm³/mol. The average molecular weight is 539 g/mol. The van der Waals surface area contributed by atoms with Crippen molar-refractivity contribution in [2.45, 2.75) is 13.8 Å². The van der Waals surface area contributed by atoms with Crippen molar-refractivity contribution in [3.63, 3.8) is 0 Å². The minimum absolute atomic E-state index is 1.17. The molecule has 2 aromatic heterocycles. The van der Waals surface area contributed by atoms with Crippen LogP contribution in [0.2, 0.25) is 0 Å². The Balaban J connectivity index is 1.33. The van der Waals surface area contributed by atoms with Gasteiger partial charge < -0.3 is 9.13 Å². The molecule has 8 aromatic rings. The zero-order valence-corrected chi connectivity index (χ0v) is 23.8. The van der Waals surface area contributed by atoms with Gasteiger partial charge >= 0.3 is 0 Å². The van der Waals surface area contributed by atoms with Crippen LogP contribution in [0.5, 0.6) is 0 Å². The van der Waals surface area contributed by atoms with Gasteiger partial charge in [-0.05, 0) is 83.6 Å². The van der Waals surface area contributed by atoms with E-state index >= 15 is 0 Å². The summed E-state index contributed by atoms with van der Waals surface area (Å²) in [5.41, 5.74) is 14.9. The lowest BCUT2D eigenvalue weighted by Crippen LogP contribution is -1.96. The van der Waals surface area contributed by atoms with Crippen LogP contribution in [0.25, 0.3) is 66.5 Å². The van der Waals surface area contributed by atoms with E-state index in [1.54, 1.807) is 0 Å². The summed E-state index contributed by atoms with van der Waals surface area (Å²) in [6.45, 7) is 4.44. The van der Waals surface area contributed by atoms with Crippen LogP contribution in [0.4, 0.5) is 0 Å². The molecule has 0 fully saturated rings. The lowest BCUT2D eigenvalue weighted by molar-refractivity contribution is 1.17. The number of nitrogens with zero attached hydrogens (tertiary/aromatic N) is 2. The number of aryl methyl sites for hydroxylation is 2. The molecule has 0 atom stereocenters. The molecule has 200 valence electrons. The van der Waals surface area contributed by atoms with Gasteiger partial charge in [0.15, 0.2) is 0 Å². The molecule has 0 N–H and O–H groups in total. The highest BCUT2D eigenvalue weighted by Crippen LogP contribution is 2.41. The van der Waals surface area contributed by atoms with Gasteiger partial charge in [0, 0.05) is 22.1 Å².